The molecule has 2 aliphatic carbocycles. The largest absolute Gasteiger partial charge is 0.455 e. The van der Waals surface area contributed by atoms with Gasteiger partial charge < -0.3 is 13.9 Å². The van der Waals surface area contributed by atoms with Crippen LogP contribution in [-0.2, 0) is 5.41 Å². The third kappa shape index (κ3) is 5.40. The zero-order valence-electron chi connectivity index (χ0n) is 38.1. The average molecular weight is 891 g/mol. The van der Waals surface area contributed by atoms with Crippen LogP contribution in [0.25, 0.3) is 93.9 Å². The molecule has 0 aliphatic heterocycles. The molecule has 0 atom stereocenters. The molecule has 0 fully saturated rings. The van der Waals surface area contributed by atoms with Gasteiger partial charge in [-0.15, -0.1) is 0 Å². The number of furan rings is 1. The van der Waals surface area contributed by atoms with Gasteiger partial charge in [0.05, 0.1) is 22.1 Å². The van der Waals surface area contributed by atoms with Gasteiger partial charge in [0.2, 0.25) is 0 Å². The van der Waals surface area contributed by atoms with Gasteiger partial charge in [-0.3, -0.25) is 0 Å². The fraction of sp³-hybridized carbons (Fsp3) is 0.0149. The minimum absolute atomic E-state index is 0.474. The number of fused-ring (bicyclic) bond motifs is 16. The highest BCUT2D eigenvalue weighted by molar-refractivity contribution is 6.17. The van der Waals surface area contributed by atoms with Crippen molar-refractivity contribution in [3.05, 3.63) is 277 Å². The SMILES string of the molecule is c1ccc(-c2cccc3c2oc2ccc(-c4ccc(N(c5ccc6c(c5)C5(c7ccccc7-c7ccccc75)c5ccccc5-6)c5cccc6c5c5ccccc5n6-c5ccccc5)cc4)cc23)cc1. The maximum absolute atomic E-state index is 6.59. The van der Waals surface area contributed by atoms with Crippen molar-refractivity contribution in [2.24, 2.45) is 0 Å². The number of hydrogen-bond acceptors (Lipinski definition) is 2. The number of hydrogen-bond donors (Lipinski definition) is 0. The Morgan fingerprint density at radius 2 is 0.900 bits per heavy atom. The minimum atomic E-state index is -0.474. The van der Waals surface area contributed by atoms with E-state index in [-0.39, 0.29) is 0 Å². The van der Waals surface area contributed by atoms with Gasteiger partial charge in [0.25, 0.3) is 0 Å². The van der Waals surface area contributed by atoms with E-state index in [1.165, 1.54) is 60.8 Å². The Labute approximate surface area is 405 Å². The van der Waals surface area contributed by atoms with Crippen LogP contribution >= 0.6 is 0 Å². The molecule has 2 heterocycles. The highest BCUT2D eigenvalue weighted by atomic mass is 16.3. The summed E-state index contributed by atoms with van der Waals surface area (Å²) in [5.41, 5.74) is 23.1. The van der Waals surface area contributed by atoms with Gasteiger partial charge in [0.15, 0.2) is 0 Å². The van der Waals surface area contributed by atoms with Gasteiger partial charge in [-0.2, -0.15) is 0 Å². The van der Waals surface area contributed by atoms with Crippen molar-refractivity contribution in [3.8, 4) is 50.2 Å². The summed E-state index contributed by atoms with van der Waals surface area (Å²) in [6.07, 6.45) is 0. The lowest BCUT2D eigenvalue weighted by Crippen LogP contribution is -2.26. The molecule has 0 unspecified atom stereocenters. The Morgan fingerprint density at radius 3 is 1.63 bits per heavy atom. The fourth-order valence-electron chi connectivity index (χ4n) is 12.3. The first-order valence-electron chi connectivity index (χ1n) is 24.2. The van der Waals surface area contributed by atoms with Crippen LogP contribution in [0.4, 0.5) is 17.1 Å². The van der Waals surface area contributed by atoms with Gasteiger partial charge >= 0.3 is 0 Å². The van der Waals surface area contributed by atoms with Crippen molar-refractivity contribution >= 4 is 60.8 Å². The molecule has 0 saturated carbocycles. The molecule has 0 amide bonds. The van der Waals surface area contributed by atoms with Crippen molar-refractivity contribution in [1.29, 1.82) is 0 Å². The molecule has 70 heavy (non-hydrogen) atoms. The van der Waals surface area contributed by atoms with Crippen LogP contribution in [-0.4, -0.2) is 4.57 Å². The van der Waals surface area contributed by atoms with Crippen LogP contribution in [0.15, 0.2) is 259 Å². The molecule has 0 N–H and O–H groups in total. The Kier molecular flexibility index (Phi) is 8.28. The third-order valence-electron chi connectivity index (χ3n) is 15.2. The second kappa shape index (κ2) is 14.9. The summed E-state index contributed by atoms with van der Waals surface area (Å²) in [6.45, 7) is 0. The lowest BCUT2D eigenvalue weighted by molar-refractivity contribution is 0.670. The molecule has 0 radical (unpaired) electrons. The standard InChI is InChI=1S/C67H42N2O/c1-3-17-44(18-4-1)49-25-15-26-54-56-41-45(35-40-64(56)70-66(49)54)43-33-36-47(37-34-43)68(62-31-16-32-63-65(62)55-24-10-14-30-61(55)69(63)46-19-5-2-6-20-46)48-38-39-53-52-23-9-13-29-59(52)67(60(53)42-48)57-27-11-7-21-50(57)51-22-8-12-28-58(51)67/h1-42H. The number of benzene rings is 11. The maximum Gasteiger partial charge on any atom is 0.143 e. The summed E-state index contributed by atoms with van der Waals surface area (Å²) in [5, 5.41) is 4.64. The van der Waals surface area contributed by atoms with E-state index >= 15 is 0 Å². The quantitative estimate of drug-likeness (QED) is 0.166. The van der Waals surface area contributed by atoms with Crippen molar-refractivity contribution in [2.45, 2.75) is 5.41 Å². The summed E-state index contributed by atoms with van der Waals surface area (Å²) in [4.78, 5) is 2.50. The molecule has 11 aromatic carbocycles. The number of rotatable bonds is 6. The molecule has 2 aliphatic rings. The van der Waals surface area contributed by atoms with Crippen molar-refractivity contribution in [1.82, 2.24) is 4.57 Å². The van der Waals surface area contributed by atoms with Gasteiger partial charge in [-0.05, 0) is 128 Å². The van der Waals surface area contributed by atoms with Gasteiger partial charge in [-0.25, -0.2) is 0 Å². The smallest absolute Gasteiger partial charge is 0.143 e. The van der Waals surface area contributed by atoms with E-state index in [2.05, 4.69) is 264 Å². The minimum Gasteiger partial charge on any atom is -0.455 e. The Hall–Kier alpha value is -9.18. The Morgan fingerprint density at radius 1 is 0.343 bits per heavy atom. The molecule has 1 spiro atoms. The molecular weight excluding hydrogens is 849 g/mol. The van der Waals surface area contributed by atoms with Crippen LogP contribution in [0, 0.1) is 0 Å². The lowest BCUT2D eigenvalue weighted by Gasteiger charge is -2.32. The second-order valence-corrected chi connectivity index (χ2v) is 18.7. The predicted molar refractivity (Wildman–Crippen MR) is 290 cm³/mol. The van der Waals surface area contributed by atoms with E-state index in [1.807, 2.05) is 0 Å². The van der Waals surface area contributed by atoms with Gasteiger partial charge in [-0.1, -0.05) is 188 Å². The fourth-order valence-corrected chi connectivity index (χ4v) is 12.3. The van der Waals surface area contributed by atoms with Crippen LogP contribution in [0.2, 0.25) is 0 Å². The molecular formula is C67H42N2O. The molecule has 3 heteroatoms. The predicted octanol–water partition coefficient (Wildman–Crippen LogP) is 17.8. The summed E-state index contributed by atoms with van der Waals surface area (Å²) >= 11 is 0. The molecule has 0 saturated heterocycles. The Bertz CT molecular complexity index is 4170. The van der Waals surface area contributed by atoms with Crippen LogP contribution in [0.3, 0.4) is 0 Å². The number of aromatic nitrogens is 1. The zero-order chi connectivity index (χ0) is 45.9. The van der Waals surface area contributed by atoms with E-state index in [9.17, 15) is 0 Å². The van der Waals surface area contributed by atoms with E-state index in [1.54, 1.807) is 0 Å². The summed E-state index contributed by atoms with van der Waals surface area (Å²) in [5.74, 6) is 0. The maximum atomic E-state index is 6.59. The molecule has 15 rings (SSSR count). The summed E-state index contributed by atoms with van der Waals surface area (Å²) < 4.78 is 9.00. The number of nitrogens with zero attached hydrogens (tertiary/aromatic N) is 2. The summed E-state index contributed by atoms with van der Waals surface area (Å²) in [6, 6.07) is 93.5. The number of anilines is 3. The van der Waals surface area contributed by atoms with Crippen LogP contribution in [0.5, 0.6) is 0 Å². The van der Waals surface area contributed by atoms with Crippen molar-refractivity contribution in [2.75, 3.05) is 4.90 Å². The first kappa shape index (κ1) is 38.9. The first-order valence-corrected chi connectivity index (χ1v) is 24.2. The average Bonchev–Trinajstić information content (AvgIpc) is 4.16. The van der Waals surface area contributed by atoms with Gasteiger partial charge in [0.1, 0.15) is 11.2 Å². The Balaban J connectivity index is 0.947. The topological polar surface area (TPSA) is 21.3 Å². The van der Waals surface area contributed by atoms with Gasteiger partial charge in [0, 0.05) is 44.2 Å². The molecule has 13 aromatic rings. The third-order valence-corrected chi connectivity index (χ3v) is 15.2. The van der Waals surface area contributed by atoms with Crippen molar-refractivity contribution < 1.29 is 4.42 Å². The van der Waals surface area contributed by atoms with E-state index in [0.29, 0.717) is 0 Å². The van der Waals surface area contributed by atoms with E-state index < -0.39 is 5.41 Å². The monoisotopic (exact) mass is 890 g/mol. The van der Waals surface area contributed by atoms with E-state index in [0.717, 1.165) is 72.5 Å². The highest BCUT2D eigenvalue weighted by Crippen LogP contribution is 2.63. The van der Waals surface area contributed by atoms with Crippen molar-refractivity contribution in [3.63, 3.8) is 0 Å². The number of para-hydroxylation sites is 3. The summed E-state index contributed by atoms with van der Waals surface area (Å²) in [7, 11) is 0. The van der Waals surface area contributed by atoms with Crippen LogP contribution in [0.1, 0.15) is 22.3 Å². The second-order valence-electron chi connectivity index (χ2n) is 18.7. The highest BCUT2D eigenvalue weighted by Gasteiger charge is 2.51. The lowest BCUT2D eigenvalue weighted by atomic mass is 9.70. The molecule has 0 bridgehead atoms. The van der Waals surface area contributed by atoms with E-state index in [4.69, 9.17) is 4.42 Å². The first-order chi connectivity index (χ1) is 34.7. The molecule has 2 aromatic heterocycles. The zero-order valence-corrected chi connectivity index (χ0v) is 38.1. The molecule has 326 valence electrons. The van der Waals surface area contributed by atoms with Crippen LogP contribution < -0.4 is 4.90 Å². The normalized spacial score (nSPS) is 13.0. The molecule has 3 nitrogen and oxygen atoms in total.